The Morgan fingerprint density at radius 2 is 2.00 bits per heavy atom. The fourth-order valence-electron chi connectivity index (χ4n) is 4.92. The van der Waals surface area contributed by atoms with E-state index >= 15 is 0 Å². The SMILES string of the molecule is CN(C)CC(=O)N1CCC[C@@H]1COc1cccc2c1C(N)N=CN2c1ccc(OCc2ccccn2)c(Cl)c1. The molecule has 204 valence electrons. The number of aliphatic imine (C=N–C) groups is 1. The summed E-state index contributed by atoms with van der Waals surface area (Å²) in [4.78, 5) is 27.2. The van der Waals surface area contributed by atoms with Gasteiger partial charge in [0.05, 0.1) is 40.9 Å². The van der Waals surface area contributed by atoms with Gasteiger partial charge in [0.15, 0.2) is 0 Å². The number of rotatable bonds is 9. The third kappa shape index (κ3) is 6.16. The molecule has 0 radical (unpaired) electrons. The molecule has 2 aromatic carbocycles. The van der Waals surface area contributed by atoms with Crippen LogP contribution in [-0.2, 0) is 11.4 Å². The molecule has 9 nitrogen and oxygen atoms in total. The molecule has 3 aromatic rings. The highest BCUT2D eigenvalue weighted by atomic mass is 35.5. The van der Waals surface area contributed by atoms with Crippen LogP contribution in [0.2, 0.25) is 5.02 Å². The van der Waals surface area contributed by atoms with Gasteiger partial charge in [0, 0.05) is 18.4 Å². The third-order valence-corrected chi connectivity index (χ3v) is 7.11. The molecule has 0 bridgehead atoms. The topological polar surface area (TPSA) is 96.5 Å². The second kappa shape index (κ2) is 12.0. The summed E-state index contributed by atoms with van der Waals surface area (Å²) in [6, 6.07) is 17.1. The first-order valence-corrected chi connectivity index (χ1v) is 13.4. The monoisotopic (exact) mass is 548 g/mol. The van der Waals surface area contributed by atoms with Gasteiger partial charge in [-0.25, -0.2) is 0 Å². The highest BCUT2D eigenvalue weighted by Crippen LogP contribution is 2.41. The number of likely N-dealkylation sites (N-methyl/N-ethyl adjacent to an activating group) is 1. The third-order valence-electron chi connectivity index (χ3n) is 6.82. The predicted molar refractivity (Wildman–Crippen MR) is 153 cm³/mol. The number of ether oxygens (including phenoxy) is 2. The number of carbonyl (C=O) groups is 1. The van der Waals surface area contributed by atoms with Gasteiger partial charge in [-0.2, -0.15) is 0 Å². The van der Waals surface area contributed by atoms with Crippen molar-refractivity contribution in [3.63, 3.8) is 0 Å². The van der Waals surface area contributed by atoms with Crippen LogP contribution in [0.15, 0.2) is 65.8 Å². The Labute approximate surface area is 233 Å². The van der Waals surface area contributed by atoms with Crippen molar-refractivity contribution >= 4 is 35.2 Å². The van der Waals surface area contributed by atoms with Gasteiger partial charge in [0.2, 0.25) is 5.91 Å². The van der Waals surface area contributed by atoms with E-state index in [0.717, 1.165) is 42.0 Å². The van der Waals surface area contributed by atoms with E-state index in [1.165, 1.54) is 0 Å². The predicted octanol–water partition coefficient (Wildman–Crippen LogP) is 4.38. The van der Waals surface area contributed by atoms with Crippen molar-refractivity contribution in [2.24, 2.45) is 10.7 Å². The number of hydrogen-bond donors (Lipinski definition) is 1. The molecule has 5 rings (SSSR count). The molecule has 0 saturated carbocycles. The minimum absolute atomic E-state index is 0.0326. The number of amides is 1. The van der Waals surface area contributed by atoms with Crippen LogP contribution >= 0.6 is 11.6 Å². The first kappa shape index (κ1) is 26.9. The van der Waals surface area contributed by atoms with Crippen molar-refractivity contribution in [3.8, 4) is 11.5 Å². The summed E-state index contributed by atoms with van der Waals surface area (Å²) in [6.07, 6.45) is 4.75. The average molecular weight is 549 g/mol. The molecular weight excluding hydrogens is 516 g/mol. The molecule has 39 heavy (non-hydrogen) atoms. The van der Waals surface area contributed by atoms with E-state index in [0.29, 0.717) is 36.3 Å². The number of aromatic nitrogens is 1. The quantitative estimate of drug-likeness (QED) is 0.424. The van der Waals surface area contributed by atoms with Gasteiger partial charge in [-0.3, -0.25) is 14.8 Å². The molecule has 1 fully saturated rings. The number of benzene rings is 2. The maximum Gasteiger partial charge on any atom is 0.237 e. The molecule has 10 heteroatoms. The molecular formula is C29H33ClN6O3. The number of hydrogen-bond acceptors (Lipinski definition) is 8. The van der Waals surface area contributed by atoms with Crippen LogP contribution < -0.4 is 20.1 Å². The smallest absolute Gasteiger partial charge is 0.237 e. The van der Waals surface area contributed by atoms with E-state index in [1.54, 1.807) is 12.5 Å². The van der Waals surface area contributed by atoms with Gasteiger partial charge in [-0.1, -0.05) is 23.7 Å². The van der Waals surface area contributed by atoms with Crippen LogP contribution in [0.25, 0.3) is 0 Å². The molecule has 2 aliphatic rings. The maximum absolute atomic E-state index is 12.7. The Bertz CT molecular complexity index is 1340. The number of likely N-dealkylation sites (tertiary alicyclic amines) is 1. The minimum atomic E-state index is -0.570. The van der Waals surface area contributed by atoms with E-state index in [1.807, 2.05) is 83.4 Å². The number of pyridine rings is 1. The molecule has 1 amide bonds. The first-order valence-electron chi connectivity index (χ1n) is 13.0. The summed E-state index contributed by atoms with van der Waals surface area (Å²) in [6.45, 7) is 1.87. The number of anilines is 2. The van der Waals surface area contributed by atoms with E-state index < -0.39 is 6.17 Å². The van der Waals surface area contributed by atoms with Crippen molar-refractivity contribution in [2.45, 2.75) is 31.7 Å². The molecule has 1 unspecified atom stereocenters. The first-order chi connectivity index (χ1) is 18.9. The number of fused-ring (bicyclic) bond motifs is 1. The largest absolute Gasteiger partial charge is 0.491 e. The van der Waals surface area contributed by atoms with Gasteiger partial charge in [-0.15, -0.1) is 0 Å². The molecule has 0 spiro atoms. The molecule has 1 aromatic heterocycles. The van der Waals surface area contributed by atoms with E-state index in [4.69, 9.17) is 26.8 Å². The van der Waals surface area contributed by atoms with E-state index in [2.05, 4.69) is 9.98 Å². The van der Waals surface area contributed by atoms with Crippen molar-refractivity contribution in [1.82, 2.24) is 14.8 Å². The lowest BCUT2D eigenvalue weighted by Crippen LogP contribution is -2.43. The van der Waals surface area contributed by atoms with Crippen LogP contribution in [0.5, 0.6) is 11.5 Å². The summed E-state index contributed by atoms with van der Waals surface area (Å²) in [7, 11) is 3.80. The Morgan fingerprint density at radius 1 is 1.13 bits per heavy atom. The van der Waals surface area contributed by atoms with Crippen molar-refractivity contribution < 1.29 is 14.3 Å². The normalized spacial score (nSPS) is 18.4. The summed E-state index contributed by atoms with van der Waals surface area (Å²) in [5.41, 5.74) is 9.71. The summed E-state index contributed by atoms with van der Waals surface area (Å²) in [5.74, 6) is 1.35. The van der Waals surface area contributed by atoms with Crippen molar-refractivity contribution in [3.05, 3.63) is 77.1 Å². The zero-order valence-corrected chi connectivity index (χ0v) is 22.9. The van der Waals surface area contributed by atoms with Crippen molar-refractivity contribution in [2.75, 3.05) is 38.7 Å². The molecule has 3 heterocycles. The van der Waals surface area contributed by atoms with Crippen LogP contribution in [0.4, 0.5) is 11.4 Å². The highest BCUT2D eigenvalue weighted by molar-refractivity contribution is 6.32. The number of carbonyl (C=O) groups excluding carboxylic acids is 1. The second-order valence-electron chi connectivity index (χ2n) is 9.92. The van der Waals surface area contributed by atoms with Gasteiger partial charge in [0.25, 0.3) is 0 Å². The Hall–Kier alpha value is -3.66. The fraction of sp³-hybridized carbons (Fsp3) is 0.345. The van der Waals surface area contributed by atoms with Gasteiger partial charge in [-0.05, 0) is 69.4 Å². The number of nitrogens with zero attached hydrogens (tertiary/aromatic N) is 5. The molecule has 2 N–H and O–H groups in total. The Morgan fingerprint density at radius 3 is 2.77 bits per heavy atom. The summed E-state index contributed by atoms with van der Waals surface area (Å²) < 4.78 is 12.2. The van der Waals surface area contributed by atoms with E-state index in [-0.39, 0.29) is 11.9 Å². The zero-order chi connectivity index (χ0) is 27.4. The summed E-state index contributed by atoms with van der Waals surface area (Å²) >= 11 is 6.59. The lowest BCUT2D eigenvalue weighted by Gasteiger charge is -2.31. The number of halogens is 1. The average Bonchev–Trinajstić information content (AvgIpc) is 3.40. The lowest BCUT2D eigenvalue weighted by molar-refractivity contribution is -0.133. The molecule has 2 aliphatic heterocycles. The standard InChI is InChI=1S/C29H33ClN6O3/c1-34(2)16-27(37)35-14-6-8-22(35)18-39-26-10-5-9-24-28(26)29(31)33-19-36(24)21-11-12-25(23(30)15-21)38-17-20-7-3-4-13-32-20/h3-5,7,9-13,15,19,22,29H,6,8,14,16-18,31H2,1-2H3/t22-,29?/m1/s1. The van der Waals surface area contributed by atoms with Crippen LogP contribution in [-0.4, -0.2) is 66.9 Å². The molecule has 2 atom stereocenters. The summed E-state index contributed by atoms with van der Waals surface area (Å²) in [5, 5.41) is 0.476. The minimum Gasteiger partial charge on any atom is -0.491 e. The van der Waals surface area contributed by atoms with Crippen LogP contribution in [0.3, 0.4) is 0 Å². The fourth-order valence-corrected chi connectivity index (χ4v) is 5.15. The van der Waals surface area contributed by atoms with Crippen molar-refractivity contribution in [1.29, 1.82) is 0 Å². The Kier molecular flexibility index (Phi) is 8.30. The van der Waals surface area contributed by atoms with Crippen LogP contribution in [0, 0.1) is 0 Å². The second-order valence-corrected chi connectivity index (χ2v) is 10.3. The number of nitrogens with two attached hydrogens (primary N) is 1. The van der Waals surface area contributed by atoms with Gasteiger partial charge >= 0.3 is 0 Å². The zero-order valence-electron chi connectivity index (χ0n) is 22.2. The van der Waals surface area contributed by atoms with Crippen LogP contribution in [0.1, 0.15) is 30.3 Å². The maximum atomic E-state index is 12.7. The Balaban J connectivity index is 1.32. The highest BCUT2D eigenvalue weighted by Gasteiger charge is 2.31. The van der Waals surface area contributed by atoms with E-state index in [9.17, 15) is 4.79 Å². The van der Waals surface area contributed by atoms with Gasteiger partial charge < -0.3 is 29.9 Å². The molecule has 0 aliphatic carbocycles. The molecule has 1 saturated heterocycles. The van der Waals surface area contributed by atoms with Gasteiger partial charge in [0.1, 0.15) is 30.9 Å². The lowest BCUT2D eigenvalue weighted by atomic mass is 10.1.